The molecule has 2 N–H and O–H groups in total. The third kappa shape index (κ3) is 8.31. The average Bonchev–Trinajstić information content (AvgIpc) is 4.04. The van der Waals surface area contributed by atoms with E-state index in [0.29, 0.717) is 47.2 Å². The molecule has 0 amide bonds. The van der Waals surface area contributed by atoms with Crippen LogP contribution in [0.3, 0.4) is 0 Å². The molecular weight excluding hydrogens is 728 g/mol. The van der Waals surface area contributed by atoms with Gasteiger partial charge < -0.3 is 19.3 Å². The van der Waals surface area contributed by atoms with Crippen molar-refractivity contribution in [3.8, 4) is 0 Å². The lowest BCUT2D eigenvalue weighted by atomic mass is 9.94. The fourth-order valence-corrected chi connectivity index (χ4v) is 7.80. The molecule has 2 aromatic carbocycles. The summed E-state index contributed by atoms with van der Waals surface area (Å²) >= 11 is 3.62. The van der Waals surface area contributed by atoms with Crippen LogP contribution in [-0.4, -0.2) is 41.3 Å². The summed E-state index contributed by atoms with van der Waals surface area (Å²) in [5.74, 6) is -0.813. The van der Waals surface area contributed by atoms with Crippen LogP contribution >= 0.6 is 15.9 Å². The number of hydrogen-bond acceptors (Lipinski definition) is 4. The van der Waals surface area contributed by atoms with Crippen molar-refractivity contribution in [3.63, 3.8) is 0 Å². The first-order valence-corrected chi connectivity index (χ1v) is 19.0. The van der Waals surface area contributed by atoms with E-state index in [1.165, 1.54) is 5.52 Å². The molecule has 2 aliphatic carbocycles. The third-order valence-corrected chi connectivity index (χ3v) is 10.7. The van der Waals surface area contributed by atoms with Crippen LogP contribution in [0.1, 0.15) is 118 Å². The summed E-state index contributed by atoms with van der Waals surface area (Å²) in [5.41, 5.74) is 9.68. The molecule has 272 valence electrons. The second-order valence-corrected chi connectivity index (χ2v) is 16.6. The van der Waals surface area contributed by atoms with Gasteiger partial charge in [0.2, 0.25) is 0 Å². The van der Waals surface area contributed by atoms with Crippen LogP contribution in [0.4, 0.5) is 0 Å². The molecule has 9 heteroatoms. The van der Waals surface area contributed by atoms with Gasteiger partial charge in [-0.15, -0.1) is 0 Å². The number of aromatic nitrogens is 4. The molecule has 2 saturated carbocycles. The van der Waals surface area contributed by atoms with Gasteiger partial charge in [-0.3, -0.25) is 9.97 Å². The number of aromatic carboxylic acids is 2. The van der Waals surface area contributed by atoms with Crippen molar-refractivity contribution in [1.82, 2.24) is 19.1 Å². The van der Waals surface area contributed by atoms with Crippen molar-refractivity contribution in [2.24, 2.45) is 19.5 Å². The Morgan fingerprint density at radius 2 is 1.23 bits per heavy atom. The molecular formula is C44H45BrN4O4. The predicted octanol–water partition coefficient (Wildman–Crippen LogP) is 10.3. The van der Waals surface area contributed by atoms with Gasteiger partial charge in [-0.25, -0.2) is 9.59 Å². The van der Waals surface area contributed by atoms with Crippen LogP contribution in [-0.2, 0) is 26.9 Å². The number of carboxylic acid groups (broad SMARTS) is 2. The number of carbonyl (C=O) groups is 2. The predicted molar refractivity (Wildman–Crippen MR) is 214 cm³/mol. The van der Waals surface area contributed by atoms with Gasteiger partial charge >= 0.3 is 11.9 Å². The number of carboxylic acids is 2. The zero-order chi connectivity index (χ0) is 37.6. The molecule has 8 rings (SSSR count). The summed E-state index contributed by atoms with van der Waals surface area (Å²) in [7, 11) is 4.06. The van der Waals surface area contributed by atoms with E-state index in [2.05, 4.69) is 112 Å². The fourth-order valence-electron chi connectivity index (χ4n) is 7.00. The summed E-state index contributed by atoms with van der Waals surface area (Å²) in [6.45, 7) is 6.54. The maximum absolute atomic E-state index is 11.8. The van der Waals surface area contributed by atoms with Gasteiger partial charge in [0, 0.05) is 67.0 Å². The quantitative estimate of drug-likeness (QED) is 0.151. The van der Waals surface area contributed by atoms with Crippen molar-refractivity contribution < 1.29 is 19.8 Å². The standard InChI is InChI=1S/C25H28N2O2.C19H17BrN2O2/c1-25(2,3)9-7-18-11-16(12-19-8-10-27(4)23(18)19)13-22-21(24(28)29)14-20(15-26-22)17-5-6-17;1-22-5-4-13-6-11(7-16(20)18(13)22)8-17-15(19(23)24)9-14(10-21-17)12-2-3-12/h7-12,14-15,17H,5-6,13H2,1-4H3,(H,28,29);4-7,9-10,12H,2-3,8H2,1H3,(H,23,24)/b9-7+;. The SMILES string of the molecule is Cn1ccc2cc(Cc3ncc(C4CC4)cc3C(=O)O)cc(/C=C/C(C)(C)C)c21.Cn1ccc2cc(Cc3ncc(C4CC4)cc3C(=O)O)cc(Br)c21. The first kappa shape index (κ1) is 36.3. The van der Waals surface area contributed by atoms with Gasteiger partial charge in [-0.2, -0.15) is 0 Å². The number of nitrogens with zero attached hydrogens (tertiary/aromatic N) is 4. The number of fused-ring (bicyclic) bond motifs is 2. The van der Waals surface area contributed by atoms with Crippen LogP contribution < -0.4 is 0 Å². The maximum Gasteiger partial charge on any atom is 0.337 e. The molecule has 0 unspecified atom stereocenters. The van der Waals surface area contributed by atoms with Crippen LogP contribution in [0.15, 0.2) is 83.9 Å². The largest absolute Gasteiger partial charge is 0.478 e. The molecule has 4 heterocycles. The van der Waals surface area contributed by atoms with Gasteiger partial charge in [0.1, 0.15) is 0 Å². The molecule has 2 aliphatic rings. The lowest BCUT2D eigenvalue weighted by Gasteiger charge is -2.13. The van der Waals surface area contributed by atoms with Crippen LogP contribution in [0, 0.1) is 5.41 Å². The minimum Gasteiger partial charge on any atom is -0.478 e. The normalized spacial score (nSPS) is 14.5. The number of pyridine rings is 2. The van der Waals surface area contributed by atoms with E-state index < -0.39 is 11.9 Å². The molecule has 0 saturated heterocycles. The van der Waals surface area contributed by atoms with E-state index in [4.69, 9.17) is 0 Å². The second kappa shape index (κ2) is 14.4. The number of halogens is 1. The van der Waals surface area contributed by atoms with Gasteiger partial charge in [0.15, 0.2) is 0 Å². The highest BCUT2D eigenvalue weighted by Gasteiger charge is 2.27. The van der Waals surface area contributed by atoms with E-state index >= 15 is 0 Å². The molecule has 53 heavy (non-hydrogen) atoms. The highest BCUT2D eigenvalue weighted by Crippen LogP contribution is 2.41. The van der Waals surface area contributed by atoms with Crippen molar-refractivity contribution in [1.29, 1.82) is 0 Å². The van der Waals surface area contributed by atoms with Crippen LogP contribution in [0.2, 0.25) is 0 Å². The fraction of sp³-hybridized carbons (Fsp3) is 0.318. The van der Waals surface area contributed by atoms with Gasteiger partial charge in [0.25, 0.3) is 0 Å². The Morgan fingerprint density at radius 3 is 1.70 bits per heavy atom. The number of benzene rings is 2. The van der Waals surface area contributed by atoms with Crippen molar-refractivity contribution >= 4 is 55.8 Å². The molecule has 8 nitrogen and oxygen atoms in total. The smallest absolute Gasteiger partial charge is 0.337 e. The van der Waals surface area contributed by atoms with Gasteiger partial charge in [-0.05, 0) is 135 Å². The van der Waals surface area contributed by atoms with E-state index in [0.717, 1.165) is 74.3 Å². The Hall–Kier alpha value is -5.02. The Kier molecular flexibility index (Phi) is 9.89. The minimum atomic E-state index is -0.903. The topological polar surface area (TPSA) is 110 Å². The van der Waals surface area contributed by atoms with E-state index in [1.54, 1.807) is 6.07 Å². The summed E-state index contributed by atoms with van der Waals surface area (Å²) in [4.78, 5) is 32.5. The van der Waals surface area contributed by atoms with Gasteiger partial charge in [-0.1, -0.05) is 32.9 Å². The van der Waals surface area contributed by atoms with Crippen molar-refractivity contribution in [2.45, 2.75) is 71.1 Å². The molecule has 0 aliphatic heterocycles. The molecule has 0 bridgehead atoms. The molecule has 0 atom stereocenters. The van der Waals surface area contributed by atoms with Crippen LogP contribution in [0.5, 0.6) is 0 Å². The Bertz CT molecular complexity index is 2410. The lowest BCUT2D eigenvalue weighted by molar-refractivity contribution is 0.0684. The number of allylic oxidation sites excluding steroid dienone is 1. The van der Waals surface area contributed by atoms with E-state index in [9.17, 15) is 19.8 Å². The first-order valence-electron chi connectivity index (χ1n) is 18.2. The van der Waals surface area contributed by atoms with Gasteiger partial charge in [0.05, 0.1) is 33.5 Å². The van der Waals surface area contributed by atoms with Crippen molar-refractivity contribution in [2.75, 3.05) is 0 Å². The van der Waals surface area contributed by atoms with Crippen molar-refractivity contribution in [3.05, 3.63) is 134 Å². The summed E-state index contributed by atoms with van der Waals surface area (Å²) in [6.07, 6.45) is 17.7. The zero-order valence-corrected chi connectivity index (χ0v) is 32.4. The molecule has 0 radical (unpaired) electrons. The lowest BCUT2D eigenvalue weighted by Crippen LogP contribution is -2.07. The highest BCUT2D eigenvalue weighted by atomic mass is 79.9. The zero-order valence-electron chi connectivity index (χ0n) is 30.9. The highest BCUT2D eigenvalue weighted by molar-refractivity contribution is 9.10. The van der Waals surface area contributed by atoms with E-state index in [1.807, 2.05) is 37.8 Å². The summed E-state index contributed by atoms with van der Waals surface area (Å²) < 4.78 is 5.20. The Morgan fingerprint density at radius 1 is 0.755 bits per heavy atom. The van der Waals surface area contributed by atoms with Crippen LogP contribution in [0.25, 0.3) is 27.9 Å². The average molecular weight is 774 g/mol. The maximum atomic E-state index is 11.8. The molecule has 0 spiro atoms. The number of hydrogen-bond donors (Lipinski definition) is 2. The summed E-state index contributed by atoms with van der Waals surface area (Å²) in [6, 6.07) is 16.2. The second-order valence-electron chi connectivity index (χ2n) is 15.7. The number of aryl methyl sites for hydroxylation is 2. The van der Waals surface area contributed by atoms with E-state index in [-0.39, 0.29) is 5.41 Å². The molecule has 4 aromatic heterocycles. The Balaban J connectivity index is 0.000000167. The molecule has 2 fully saturated rings. The minimum absolute atomic E-state index is 0.0875. The molecule has 6 aromatic rings. The third-order valence-electron chi connectivity index (χ3n) is 10.1. The Labute approximate surface area is 318 Å². The summed E-state index contributed by atoms with van der Waals surface area (Å²) in [5, 5.41) is 21.6. The number of rotatable bonds is 9. The monoisotopic (exact) mass is 772 g/mol. The first-order chi connectivity index (χ1) is 25.2.